The fraction of sp³-hybridized carbons (Fsp3) is 0.214. The van der Waals surface area contributed by atoms with Crippen molar-refractivity contribution in [2.75, 3.05) is 27.8 Å². The van der Waals surface area contributed by atoms with Crippen LogP contribution in [-0.2, 0) is 12.7 Å². The molecule has 1 saturated carbocycles. The number of aromatic hydroxyl groups is 3. The second-order valence-corrected chi connectivity index (χ2v) is 17.0. The Kier molecular flexibility index (Phi) is 20.0. The second-order valence-electron chi connectivity index (χ2n) is 13.6. The number of nitrogens with one attached hydrogen (secondary N) is 6. The molecule has 9 nitrogen and oxygen atoms in total. The minimum absolute atomic E-state index is 0.0203. The fourth-order valence-electron chi connectivity index (χ4n) is 5.69. The number of alkyl halides is 3. The fourth-order valence-corrected chi connectivity index (χ4v) is 7.34. The van der Waals surface area contributed by atoms with Crippen LogP contribution in [0.5, 0.6) is 17.2 Å². The topological polar surface area (TPSA) is 133 Å². The summed E-state index contributed by atoms with van der Waals surface area (Å²) in [6.07, 6.45) is 2.20. The first kappa shape index (κ1) is 50.5. The van der Waals surface area contributed by atoms with Crippen molar-refractivity contribution < 1.29 is 28.5 Å². The number of hydrogen-bond donors (Lipinski definition) is 9. The van der Waals surface area contributed by atoms with Crippen LogP contribution in [0.25, 0.3) is 0 Å². The molecule has 9 N–H and O–H groups in total. The molecule has 0 saturated heterocycles. The Morgan fingerprint density at radius 1 is 0.532 bits per heavy atom. The molecule has 1 aliphatic carbocycles. The molecule has 0 atom stereocenters. The lowest BCUT2D eigenvalue weighted by Gasteiger charge is -2.22. The van der Waals surface area contributed by atoms with Crippen LogP contribution in [0.1, 0.15) is 43.2 Å². The van der Waals surface area contributed by atoms with Crippen LogP contribution in [0.3, 0.4) is 0 Å². The standard InChI is InChI=1S/C15H12ClF3N2OS.C14H19ClN2OS.C13H9Cl3N2OS/c16-11-5-6-13(22)12(7-11)21-14(23)20-8-9-1-3-10(4-2-9)15(17,18)19;15-11-6-7-13(18)12(8-11)17-14(19)16-9-10-4-2-1-3-5-10;14-7-1-2-12(19)11(6-7)18-13(20)17-10-4-8(15)3-9(16)5-10/h1-7,22H,8H2,(H2,20,21,23);6-8,10,18H,1-5,9H2,(H2,16,17,19);1-6,19H,(H2,17,18,20). The second kappa shape index (κ2) is 24.6. The minimum Gasteiger partial charge on any atom is -0.506 e. The molecule has 0 spiro atoms. The number of anilines is 4. The first-order valence-electron chi connectivity index (χ1n) is 18.6. The molecule has 62 heavy (non-hydrogen) atoms. The summed E-state index contributed by atoms with van der Waals surface area (Å²) in [6, 6.07) is 23.7. The summed E-state index contributed by atoms with van der Waals surface area (Å²) in [5.41, 5.74) is 1.85. The molecule has 5 aromatic carbocycles. The van der Waals surface area contributed by atoms with Crippen molar-refractivity contribution in [3.63, 3.8) is 0 Å². The van der Waals surface area contributed by atoms with E-state index in [1.165, 1.54) is 68.5 Å². The monoisotopic (exact) mass is 1000 g/mol. The van der Waals surface area contributed by atoms with Gasteiger partial charge in [-0.2, -0.15) is 13.2 Å². The van der Waals surface area contributed by atoms with E-state index in [0.717, 1.165) is 18.7 Å². The van der Waals surface area contributed by atoms with Gasteiger partial charge in [0.2, 0.25) is 0 Å². The maximum Gasteiger partial charge on any atom is 0.416 e. The number of rotatable bonds is 8. The molecule has 0 unspecified atom stereocenters. The highest BCUT2D eigenvalue weighted by Crippen LogP contribution is 2.31. The molecule has 6 rings (SSSR count). The average molecular weight is 1010 g/mol. The van der Waals surface area contributed by atoms with Crippen molar-refractivity contribution in [1.82, 2.24) is 10.6 Å². The lowest BCUT2D eigenvalue weighted by molar-refractivity contribution is -0.137. The van der Waals surface area contributed by atoms with Crippen LogP contribution in [0.4, 0.5) is 35.9 Å². The predicted molar refractivity (Wildman–Crippen MR) is 261 cm³/mol. The van der Waals surface area contributed by atoms with E-state index < -0.39 is 11.7 Å². The average Bonchev–Trinajstić information content (AvgIpc) is 3.21. The lowest BCUT2D eigenvalue weighted by atomic mass is 9.89. The smallest absolute Gasteiger partial charge is 0.416 e. The van der Waals surface area contributed by atoms with E-state index in [9.17, 15) is 28.5 Å². The maximum absolute atomic E-state index is 12.5. The Balaban J connectivity index is 0.000000205. The van der Waals surface area contributed by atoms with E-state index in [2.05, 4.69) is 31.9 Å². The SMILES string of the molecule is Oc1ccc(Cl)cc1NC(=S)NCC1CCCCC1.Oc1ccc(Cl)cc1NC(=S)NCc1ccc(C(F)(F)F)cc1.Oc1ccc(Cl)cc1NC(=S)Nc1cc(Cl)cc(Cl)c1. The van der Waals surface area contributed by atoms with Gasteiger partial charge in [-0.3, -0.25) is 0 Å². The molecule has 1 aliphatic rings. The van der Waals surface area contributed by atoms with E-state index in [4.69, 9.17) is 94.7 Å². The molecule has 0 bridgehead atoms. The first-order chi connectivity index (χ1) is 29.3. The van der Waals surface area contributed by atoms with Crippen LogP contribution in [0.15, 0.2) is 97.1 Å². The van der Waals surface area contributed by atoms with E-state index in [-0.39, 0.29) is 34.0 Å². The number of thiocarbonyl (C=S) groups is 3. The summed E-state index contributed by atoms with van der Waals surface area (Å²) in [6.45, 7) is 1.14. The molecule has 5 aromatic rings. The number of phenolic OH excluding ortho intramolecular Hbond substituents is 3. The molecule has 330 valence electrons. The highest BCUT2D eigenvalue weighted by Gasteiger charge is 2.30. The summed E-state index contributed by atoms with van der Waals surface area (Å²) in [5.74, 6) is 0.878. The van der Waals surface area contributed by atoms with Gasteiger partial charge in [0, 0.05) is 43.9 Å². The van der Waals surface area contributed by atoms with Gasteiger partial charge in [-0.15, -0.1) is 0 Å². The van der Waals surface area contributed by atoms with Crippen LogP contribution < -0.4 is 31.9 Å². The third kappa shape index (κ3) is 17.9. The molecule has 0 aliphatic heterocycles. The molecular formula is C42H40Cl5F3N6O3S3. The van der Waals surface area contributed by atoms with Gasteiger partial charge in [-0.25, -0.2) is 0 Å². The third-order valence-corrected chi connectivity index (χ3v) is 10.6. The zero-order chi connectivity index (χ0) is 45.4. The van der Waals surface area contributed by atoms with Crippen molar-refractivity contribution in [3.8, 4) is 17.2 Å². The molecule has 1 fully saturated rings. The summed E-state index contributed by atoms with van der Waals surface area (Å²) in [5, 5.41) is 50.1. The number of benzene rings is 5. The molecular weight excluding hydrogens is 967 g/mol. The highest BCUT2D eigenvalue weighted by atomic mass is 35.5. The summed E-state index contributed by atoms with van der Waals surface area (Å²) < 4.78 is 37.4. The lowest BCUT2D eigenvalue weighted by Crippen LogP contribution is -2.33. The largest absolute Gasteiger partial charge is 0.506 e. The van der Waals surface area contributed by atoms with Gasteiger partial charge in [-0.05, 0) is 146 Å². The molecule has 0 radical (unpaired) electrons. The van der Waals surface area contributed by atoms with E-state index in [1.807, 2.05) is 0 Å². The van der Waals surface area contributed by atoms with Gasteiger partial charge >= 0.3 is 6.18 Å². The van der Waals surface area contributed by atoms with Crippen molar-refractivity contribution in [3.05, 3.63) is 133 Å². The molecule has 20 heteroatoms. The van der Waals surface area contributed by atoms with Crippen molar-refractivity contribution in [1.29, 1.82) is 0 Å². The van der Waals surface area contributed by atoms with Crippen LogP contribution in [0.2, 0.25) is 25.1 Å². The van der Waals surface area contributed by atoms with Crippen LogP contribution in [-0.4, -0.2) is 37.2 Å². The number of halogens is 8. The van der Waals surface area contributed by atoms with Crippen molar-refractivity contribution in [2.24, 2.45) is 5.92 Å². The highest BCUT2D eigenvalue weighted by molar-refractivity contribution is 7.81. The number of hydrogen-bond acceptors (Lipinski definition) is 6. The normalized spacial score (nSPS) is 12.3. The van der Waals surface area contributed by atoms with E-state index in [0.29, 0.717) is 64.5 Å². The Morgan fingerprint density at radius 3 is 1.42 bits per heavy atom. The van der Waals surface area contributed by atoms with Gasteiger partial charge < -0.3 is 47.2 Å². The molecule has 0 aromatic heterocycles. The Morgan fingerprint density at radius 2 is 0.968 bits per heavy atom. The Bertz CT molecular complexity index is 2300. The predicted octanol–water partition coefficient (Wildman–Crippen LogP) is 13.6. The Labute approximate surface area is 398 Å². The van der Waals surface area contributed by atoms with Gasteiger partial charge in [0.25, 0.3) is 0 Å². The molecule has 0 amide bonds. The number of phenols is 3. The molecule has 0 heterocycles. The van der Waals surface area contributed by atoms with Crippen molar-refractivity contribution in [2.45, 2.75) is 44.8 Å². The minimum atomic E-state index is -4.35. The first-order valence-corrected chi connectivity index (χ1v) is 21.7. The van der Waals surface area contributed by atoms with E-state index in [1.54, 1.807) is 48.5 Å². The zero-order valence-electron chi connectivity index (χ0n) is 32.4. The Hall–Kier alpha value is -4.19. The van der Waals surface area contributed by atoms with Gasteiger partial charge in [0.15, 0.2) is 15.3 Å². The van der Waals surface area contributed by atoms with E-state index >= 15 is 0 Å². The third-order valence-electron chi connectivity index (χ3n) is 8.75. The summed E-state index contributed by atoms with van der Waals surface area (Å²) in [7, 11) is 0. The van der Waals surface area contributed by atoms with Gasteiger partial charge in [0.05, 0.1) is 22.6 Å². The van der Waals surface area contributed by atoms with Gasteiger partial charge in [0.1, 0.15) is 17.2 Å². The zero-order valence-corrected chi connectivity index (χ0v) is 38.6. The quantitative estimate of drug-likeness (QED) is 0.0542. The maximum atomic E-state index is 12.5. The van der Waals surface area contributed by atoms with Gasteiger partial charge in [-0.1, -0.05) is 89.4 Å². The van der Waals surface area contributed by atoms with Crippen molar-refractivity contribution >= 4 is 133 Å². The van der Waals surface area contributed by atoms with Crippen LogP contribution in [0, 0.1) is 5.92 Å². The summed E-state index contributed by atoms with van der Waals surface area (Å²) >= 11 is 44.8. The van der Waals surface area contributed by atoms with Crippen LogP contribution >= 0.6 is 94.7 Å². The summed E-state index contributed by atoms with van der Waals surface area (Å²) in [4.78, 5) is 0.